The van der Waals surface area contributed by atoms with Crippen molar-refractivity contribution in [3.05, 3.63) is 105 Å². The van der Waals surface area contributed by atoms with Gasteiger partial charge in [0.15, 0.2) is 0 Å². The summed E-state index contributed by atoms with van der Waals surface area (Å²) in [6.45, 7) is 0. The molecule has 0 radical (unpaired) electrons. The fourth-order valence-corrected chi connectivity index (χ4v) is 3.81. The van der Waals surface area contributed by atoms with Crippen LogP contribution in [0, 0.1) is 0 Å². The largest absolute Gasteiger partial charge is 0.422 e. The quantitative estimate of drug-likeness (QED) is 0.105. The van der Waals surface area contributed by atoms with Crippen LogP contribution in [-0.2, 0) is 9.59 Å². The minimum Gasteiger partial charge on any atom is -0.422 e. The first kappa shape index (κ1) is 25.2. The average Bonchev–Trinajstić information content (AvgIpc) is 2.87. The number of amides is 2. The average molecular weight is 541 g/mol. The number of carbonyl (C=O) groups excluding carboxylic acids is 3. The molecule has 0 saturated heterocycles. The number of hydrogen-bond donors (Lipinski definition) is 2. The van der Waals surface area contributed by atoms with E-state index < -0.39 is 17.8 Å². The minimum absolute atomic E-state index is 0.177. The van der Waals surface area contributed by atoms with Gasteiger partial charge in [-0.15, -0.1) is 0 Å². The number of nitrogens with zero attached hydrogens (tertiary/aromatic N) is 1. The van der Waals surface area contributed by atoms with E-state index >= 15 is 0 Å². The summed E-state index contributed by atoms with van der Waals surface area (Å²) >= 11 is 18.0. The first-order valence-electron chi connectivity index (χ1n) is 10.4. The van der Waals surface area contributed by atoms with Gasteiger partial charge in [0.25, 0.3) is 0 Å². The van der Waals surface area contributed by atoms with Crippen LogP contribution >= 0.6 is 34.8 Å². The van der Waals surface area contributed by atoms with Gasteiger partial charge in [0.1, 0.15) is 5.75 Å². The van der Waals surface area contributed by atoms with Gasteiger partial charge in [0.05, 0.1) is 27.5 Å². The van der Waals surface area contributed by atoms with Crippen molar-refractivity contribution in [1.82, 2.24) is 5.43 Å². The Morgan fingerprint density at radius 1 is 0.806 bits per heavy atom. The number of benzene rings is 4. The second-order valence-corrected chi connectivity index (χ2v) is 8.60. The molecule has 10 heteroatoms. The van der Waals surface area contributed by atoms with Crippen LogP contribution in [-0.4, -0.2) is 24.0 Å². The molecule has 0 aliphatic heterocycles. The van der Waals surface area contributed by atoms with Gasteiger partial charge in [-0.25, -0.2) is 10.2 Å². The molecule has 2 N–H and O–H groups in total. The number of anilines is 1. The van der Waals surface area contributed by atoms with Crippen molar-refractivity contribution in [1.29, 1.82) is 0 Å². The Morgan fingerprint density at radius 3 is 2.36 bits per heavy atom. The number of fused-ring (bicyclic) bond motifs is 1. The van der Waals surface area contributed by atoms with Gasteiger partial charge in [-0.2, -0.15) is 5.10 Å². The van der Waals surface area contributed by atoms with E-state index in [-0.39, 0.29) is 27.0 Å². The number of nitrogens with one attached hydrogen (secondary N) is 2. The Kier molecular flexibility index (Phi) is 7.85. The van der Waals surface area contributed by atoms with E-state index in [1.807, 2.05) is 12.1 Å². The molecule has 0 saturated carbocycles. The number of ether oxygens (including phenoxy) is 1. The van der Waals surface area contributed by atoms with E-state index in [1.54, 1.807) is 54.6 Å². The van der Waals surface area contributed by atoms with Gasteiger partial charge < -0.3 is 10.1 Å². The van der Waals surface area contributed by atoms with E-state index in [0.29, 0.717) is 16.0 Å². The maximum Gasteiger partial charge on any atom is 0.345 e. The highest BCUT2D eigenvalue weighted by molar-refractivity contribution is 6.42. The molecule has 0 fully saturated rings. The fraction of sp³-hybridized carbons (Fsp3) is 0. The second-order valence-electron chi connectivity index (χ2n) is 7.35. The van der Waals surface area contributed by atoms with Gasteiger partial charge in [-0.05, 0) is 47.2 Å². The van der Waals surface area contributed by atoms with Crippen LogP contribution < -0.4 is 15.5 Å². The third-order valence-corrected chi connectivity index (χ3v) is 5.86. The first-order chi connectivity index (χ1) is 17.3. The summed E-state index contributed by atoms with van der Waals surface area (Å²) < 4.78 is 5.60. The van der Waals surface area contributed by atoms with Gasteiger partial charge in [-0.3, -0.25) is 9.59 Å². The number of hydrazone groups is 1. The zero-order valence-electron chi connectivity index (χ0n) is 18.3. The van der Waals surface area contributed by atoms with Crippen molar-refractivity contribution in [3.8, 4) is 5.75 Å². The highest BCUT2D eigenvalue weighted by atomic mass is 35.5. The SMILES string of the molecule is O=C(N/N=C\c1c(OC(=O)c2ccccc2Cl)ccc2ccccc12)C(=O)Nc1cc(Cl)ccc1Cl. The molecular weight excluding hydrogens is 525 g/mol. The third kappa shape index (κ3) is 5.83. The second kappa shape index (κ2) is 11.2. The van der Waals surface area contributed by atoms with Crippen LogP contribution in [0.2, 0.25) is 15.1 Å². The number of hydrogen-bond acceptors (Lipinski definition) is 5. The maximum absolute atomic E-state index is 12.7. The normalized spacial score (nSPS) is 10.9. The molecule has 36 heavy (non-hydrogen) atoms. The molecule has 0 spiro atoms. The lowest BCUT2D eigenvalue weighted by atomic mass is 10.0. The molecule has 7 nitrogen and oxygen atoms in total. The number of rotatable bonds is 5. The lowest BCUT2D eigenvalue weighted by molar-refractivity contribution is -0.136. The van der Waals surface area contributed by atoms with Crippen LogP contribution in [0.3, 0.4) is 0 Å². The van der Waals surface area contributed by atoms with Crippen molar-refractivity contribution in [2.75, 3.05) is 5.32 Å². The third-order valence-electron chi connectivity index (χ3n) is 4.97. The van der Waals surface area contributed by atoms with Gasteiger partial charge >= 0.3 is 17.8 Å². The van der Waals surface area contributed by atoms with Crippen molar-refractivity contribution >= 4 is 75.3 Å². The van der Waals surface area contributed by atoms with Crippen molar-refractivity contribution < 1.29 is 19.1 Å². The van der Waals surface area contributed by atoms with Crippen molar-refractivity contribution in [2.24, 2.45) is 5.10 Å². The van der Waals surface area contributed by atoms with E-state index in [9.17, 15) is 14.4 Å². The number of esters is 1. The Hall–Kier alpha value is -3.91. The first-order valence-corrected chi connectivity index (χ1v) is 11.5. The van der Waals surface area contributed by atoms with Crippen LogP contribution in [0.1, 0.15) is 15.9 Å². The van der Waals surface area contributed by atoms with Gasteiger partial charge in [0, 0.05) is 10.6 Å². The zero-order valence-corrected chi connectivity index (χ0v) is 20.6. The molecule has 0 aliphatic carbocycles. The van der Waals surface area contributed by atoms with Crippen LogP contribution in [0.15, 0.2) is 84.0 Å². The van der Waals surface area contributed by atoms with E-state index in [4.69, 9.17) is 39.5 Å². The fourth-order valence-electron chi connectivity index (χ4n) is 3.26. The molecule has 0 bridgehead atoms. The molecule has 4 rings (SSSR count). The smallest absolute Gasteiger partial charge is 0.345 e. The lowest BCUT2D eigenvalue weighted by Crippen LogP contribution is -2.32. The van der Waals surface area contributed by atoms with Crippen LogP contribution in [0.4, 0.5) is 5.69 Å². The predicted molar refractivity (Wildman–Crippen MR) is 141 cm³/mol. The zero-order chi connectivity index (χ0) is 25.7. The van der Waals surface area contributed by atoms with Crippen LogP contribution in [0.25, 0.3) is 10.8 Å². The number of carbonyl (C=O) groups is 3. The molecule has 0 aliphatic rings. The topological polar surface area (TPSA) is 96.9 Å². The Labute approximate surface area is 220 Å². The summed E-state index contributed by atoms with van der Waals surface area (Å²) in [7, 11) is 0. The highest BCUT2D eigenvalue weighted by Crippen LogP contribution is 2.28. The molecule has 180 valence electrons. The lowest BCUT2D eigenvalue weighted by Gasteiger charge is -2.11. The molecule has 0 heterocycles. The summed E-state index contributed by atoms with van der Waals surface area (Å²) in [6, 6.07) is 21.7. The summed E-state index contributed by atoms with van der Waals surface area (Å²) in [5.41, 5.74) is 2.93. The monoisotopic (exact) mass is 539 g/mol. The highest BCUT2D eigenvalue weighted by Gasteiger charge is 2.17. The summed E-state index contributed by atoms with van der Waals surface area (Å²) in [5.74, 6) is -2.52. The Morgan fingerprint density at radius 2 is 1.56 bits per heavy atom. The molecule has 0 unspecified atom stereocenters. The predicted octanol–water partition coefficient (Wildman–Crippen LogP) is 6.11. The molecular formula is C26H16Cl3N3O4. The number of halogens is 3. The summed E-state index contributed by atoms with van der Waals surface area (Å²) in [6.07, 6.45) is 1.29. The maximum atomic E-state index is 12.7. The van der Waals surface area contributed by atoms with Gasteiger partial charge in [0.2, 0.25) is 0 Å². The molecule has 4 aromatic rings. The van der Waals surface area contributed by atoms with Crippen molar-refractivity contribution in [2.45, 2.75) is 0 Å². The molecule has 0 atom stereocenters. The summed E-state index contributed by atoms with van der Waals surface area (Å²) in [4.78, 5) is 37.2. The van der Waals surface area contributed by atoms with Crippen LogP contribution in [0.5, 0.6) is 5.75 Å². The van der Waals surface area contributed by atoms with E-state index in [2.05, 4.69) is 15.8 Å². The molecule has 0 aromatic heterocycles. The minimum atomic E-state index is -1.04. The van der Waals surface area contributed by atoms with Gasteiger partial charge in [-0.1, -0.05) is 77.3 Å². The van der Waals surface area contributed by atoms with E-state index in [1.165, 1.54) is 18.3 Å². The molecule has 4 aromatic carbocycles. The van der Waals surface area contributed by atoms with E-state index in [0.717, 1.165) is 5.39 Å². The Bertz CT molecular complexity index is 1520. The Balaban J connectivity index is 1.55. The molecule has 2 amide bonds. The summed E-state index contributed by atoms with van der Waals surface area (Å²) in [5, 5.41) is 8.60. The van der Waals surface area contributed by atoms with Crippen molar-refractivity contribution in [3.63, 3.8) is 0 Å². The standard InChI is InChI=1S/C26H16Cl3N3O4/c27-16-10-11-21(29)22(13-16)31-24(33)25(34)32-30-14-19-17-6-2-1-5-15(17)9-12-23(19)36-26(35)18-7-3-4-8-20(18)28/h1-14H,(H,31,33)(H,32,34)/b30-14-.